The first kappa shape index (κ1) is 13.1. The zero-order chi connectivity index (χ0) is 13.2. The van der Waals surface area contributed by atoms with Crippen molar-refractivity contribution < 1.29 is 13.2 Å². The zero-order valence-electron chi connectivity index (χ0n) is 10.2. The summed E-state index contributed by atoms with van der Waals surface area (Å²) >= 11 is 0. The van der Waals surface area contributed by atoms with Crippen molar-refractivity contribution in [1.82, 2.24) is 10.2 Å². The largest absolute Gasteiger partial charge is 0.435 e. The van der Waals surface area contributed by atoms with E-state index in [1.807, 2.05) is 0 Å². The van der Waals surface area contributed by atoms with Crippen LogP contribution in [0.25, 0.3) is 0 Å². The molecule has 0 aromatic carbocycles. The van der Waals surface area contributed by atoms with Gasteiger partial charge in [-0.05, 0) is 36.8 Å². The Bertz CT molecular complexity index is 389. The predicted octanol–water partition coefficient (Wildman–Crippen LogP) is 3.34. The number of rotatable bonds is 3. The van der Waals surface area contributed by atoms with Crippen LogP contribution in [0.1, 0.15) is 31.9 Å². The molecule has 2 rings (SSSR count). The third-order valence-corrected chi connectivity index (χ3v) is 3.33. The Balaban J connectivity index is 1.87. The van der Waals surface area contributed by atoms with E-state index in [0.29, 0.717) is 11.7 Å². The standard InChI is InChI=1S/C12H16F3N3/c1-8-2-3-9(6-8)7-16-11-5-4-10(17-18-11)12(13,14)15/h4-5,8-9H,2-3,6-7H2,1H3,(H,16,18). The Hall–Kier alpha value is -1.33. The molecule has 1 N–H and O–H groups in total. The Labute approximate surface area is 104 Å². The molecule has 1 aliphatic rings. The lowest BCUT2D eigenvalue weighted by molar-refractivity contribution is -0.141. The van der Waals surface area contributed by atoms with Crippen LogP contribution in [0.2, 0.25) is 0 Å². The van der Waals surface area contributed by atoms with Crippen molar-refractivity contribution in [3.8, 4) is 0 Å². The SMILES string of the molecule is CC1CCC(CNc2ccc(C(F)(F)F)nn2)C1. The van der Waals surface area contributed by atoms with Crippen molar-refractivity contribution in [2.24, 2.45) is 11.8 Å². The van der Waals surface area contributed by atoms with E-state index in [-0.39, 0.29) is 0 Å². The highest BCUT2D eigenvalue weighted by Gasteiger charge is 2.32. The maximum atomic E-state index is 12.3. The summed E-state index contributed by atoms with van der Waals surface area (Å²) in [4.78, 5) is 0. The number of hydrogen-bond donors (Lipinski definition) is 1. The average Bonchev–Trinajstić information content (AvgIpc) is 2.72. The monoisotopic (exact) mass is 259 g/mol. The Morgan fingerprint density at radius 2 is 2.06 bits per heavy atom. The molecular weight excluding hydrogens is 243 g/mol. The van der Waals surface area contributed by atoms with Crippen molar-refractivity contribution in [3.05, 3.63) is 17.8 Å². The molecule has 2 unspecified atom stereocenters. The van der Waals surface area contributed by atoms with E-state index < -0.39 is 11.9 Å². The van der Waals surface area contributed by atoms with E-state index >= 15 is 0 Å². The van der Waals surface area contributed by atoms with Gasteiger partial charge in [0.1, 0.15) is 5.82 Å². The molecule has 1 aliphatic carbocycles. The maximum Gasteiger partial charge on any atom is 0.435 e. The van der Waals surface area contributed by atoms with Gasteiger partial charge in [0.2, 0.25) is 0 Å². The molecule has 1 aromatic heterocycles. The van der Waals surface area contributed by atoms with Gasteiger partial charge in [0.25, 0.3) is 0 Å². The van der Waals surface area contributed by atoms with Crippen molar-refractivity contribution in [2.45, 2.75) is 32.4 Å². The highest BCUT2D eigenvalue weighted by Crippen LogP contribution is 2.30. The molecule has 18 heavy (non-hydrogen) atoms. The number of halogens is 3. The van der Waals surface area contributed by atoms with Crippen LogP contribution in [0.4, 0.5) is 19.0 Å². The number of nitrogens with zero attached hydrogens (tertiary/aromatic N) is 2. The quantitative estimate of drug-likeness (QED) is 0.904. The summed E-state index contributed by atoms with van der Waals surface area (Å²) in [6.07, 6.45) is -0.860. The molecule has 0 bridgehead atoms. The van der Waals surface area contributed by atoms with Crippen molar-refractivity contribution in [2.75, 3.05) is 11.9 Å². The Morgan fingerprint density at radius 3 is 2.56 bits per heavy atom. The fourth-order valence-electron chi connectivity index (χ4n) is 2.34. The van der Waals surface area contributed by atoms with Crippen LogP contribution in [0, 0.1) is 11.8 Å². The first-order chi connectivity index (χ1) is 8.45. The molecule has 1 saturated carbocycles. The molecule has 1 aromatic rings. The smallest absolute Gasteiger partial charge is 0.368 e. The summed E-state index contributed by atoms with van der Waals surface area (Å²) in [5.74, 6) is 1.74. The first-order valence-electron chi connectivity index (χ1n) is 6.10. The van der Waals surface area contributed by atoms with Gasteiger partial charge in [-0.1, -0.05) is 13.3 Å². The van der Waals surface area contributed by atoms with Crippen LogP contribution in [0.5, 0.6) is 0 Å². The number of aromatic nitrogens is 2. The van der Waals surface area contributed by atoms with Gasteiger partial charge < -0.3 is 5.32 Å². The first-order valence-corrected chi connectivity index (χ1v) is 6.10. The van der Waals surface area contributed by atoms with Gasteiger partial charge in [-0.25, -0.2) is 0 Å². The zero-order valence-corrected chi connectivity index (χ0v) is 10.2. The number of alkyl halides is 3. The second-order valence-corrected chi connectivity index (χ2v) is 4.97. The van der Waals surface area contributed by atoms with Crippen LogP contribution in [0.15, 0.2) is 12.1 Å². The average molecular weight is 259 g/mol. The summed E-state index contributed by atoms with van der Waals surface area (Å²) in [5.41, 5.74) is -0.956. The van der Waals surface area contributed by atoms with Gasteiger partial charge in [0, 0.05) is 6.54 Å². The van der Waals surface area contributed by atoms with E-state index in [1.165, 1.54) is 25.3 Å². The van der Waals surface area contributed by atoms with Gasteiger partial charge >= 0.3 is 6.18 Å². The molecule has 1 fully saturated rings. The summed E-state index contributed by atoms with van der Waals surface area (Å²) in [5, 5.41) is 9.76. The summed E-state index contributed by atoms with van der Waals surface area (Å²) < 4.78 is 36.8. The Kier molecular flexibility index (Phi) is 3.73. The minimum absolute atomic E-state index is 0.405. The minimum atomic E-state index is -4.42. The number of hydrogen-bond acceptors (Lipinski definition) is 3. The van der Waals surface area contributed by atoms with Gasteiger partial charge in [-0.2, -0.15) is 13.2 Å². The van der Waals surface area contributed by atoms with Gasteiger partial charge in [0.05, 0.1) is 0 Å². The van der Waals surface area contributed by atoms with E-state index in [1.54, 1.807) is 0 Å². The third kappa shape index (κ3) is 3.34. The molecule has 1 heterocycles. The minimum Gasteiger partial charge on any atom is -0.368 e. The van der Waals surface area contributed by atoms with E-state index in [0.717, 1.165) is 18.5 Å². The van der Waals surface area contributed by atoms with Crippen LogP contribution in [-0.2, 0) is 6.18 Å². The van der Waals surface area contributed by atoms with Gasteiger partial charge in [-0.3, -0.25) is 0 Å². The van der Waals surface area contributed by atoms with Crippen molar-refractivity contribution in [1.29, 1.82) is 0 Å². The molecule has 0 aliphatic heterocycles. The molecule has 0 saturated heterocycles. The Morgan fingerprint density at radius 1 is 1.28 bits per heavy atom. The number of anilines is 1. The molecule has 0 amide bonds. The third-order valence-electron chi connectivity index (χ3n) is 3.33. The lowest BCUT2D eigenvalue weighted by Crippen LogP contribution is -2.14. The molecule has 0 radical (unpaired) electrons. The van der Waals surface area contributed by atoms with Crippen LogP contribution < -0.4 is 5.32 Å². The van der Waals surface area contributed by atoms with Crippen LogP contribution in [-0.4, -0.2) is 16.7 Å². The lowest BCUT2D eigenvalue weighted by atomic mass is 10.1. The molecular formula is C12H16F3N3. The maximum absolute atomic E-state index is 12.3. The normalized spacial score (nSPS) is 24.2. The fraction of sp³-hybridized carbons (Fsp3) is 0.667. The topological polar surface area (TPSA) is 37.8 Å². The molecule has 100 valence electrons. The highest BCUT2D eigenvalue weighted by molar-refractivity contribution is 5.33. The summed E-state index contributed by atoms with van der Waals surface area (Å²) in [6.45, 7) is 2.97. The van der Waals surface area contributed by atoms with Crippen LogP contribution >= 0.6 is 0 Å². The van der Waals surface area contributed by atoms with E-state index in [2.05, 4.69) is 22.4 Å². The van der Waals surface area contributed by atoms with E-state index in [9.17, 15) is 13.2 Å². The highest BCUT2D eigenvalue weighted by atomic mass is 19.4. The molecule has 2 atom stereocenters. The fourth-order valence-corrected chi connectivity index (χ4v) is 2.34. The second kappa shape index (κ2) is 5.12. The second-order valence-electron chi connectivity index (χ2n) is 4.97. The lowest BCUT2D eigenvalue weighted by Gasteiger charge is -2.11. The molecule has 0 spiro atoms. The molecule has 3 nitrogen and oxygen atoms in total. The van der Waals surface area contributed by atoms with Gasteiger partial charge in [0.15, 0.2) is 5.69 Å². The van der Waals surface area contributed by atoms with Crippen molar-refractivity contribution in [3.63, 3.8) is 0 Å². The molecule has 6 heteroatoms. The predicted molar refractivity (Wildman–Crippen MR) is 62.0 cm³/mol. The summed E-state index contributed by atoms with van der Waals surface area (Å²) in [7, 11) is 0. The summed E-state index contributed by atoms with van der Waals surface area (Å²) in [6, 6.07) is 2.28. The van der Waals surface area contributed by atoms with Crippen LogP contribution in [0.3, 0.4) is 0 Å². The number of nitrogens with one attached hydrogen (secondary N) is 1. The van der Waals surface area contributed by atoms with Gasteiger partial charge in [-0.15, -0.1) is 10.2 Å². The van der Waals surface area contributed by atoms with E-state index in [4.69, 9.17) is 0 Å². The van der Waals surface area contributed by atoms with Crippen molar-refractivity contribution >= 4 is 5.82 Å².